The molecule has 1 aromatic rings. The zero-order valence-corrected chi connectivity index (χ0v) is 14.4. The molecule has 0 aromatic carbocycles. The highest BCUT2D eigenvalue weighted by molar-refractivity contribution is 7.15. The maximum absolute atomic E-state index is 5.02. The first kappa shape index (κ1) is 15.3. The Labute approximate surface area is 132 Å². The molecule has 1 aromatic heterocycles. The van der Waals surface area contributed by atoms with Gasteiger partial charge in [0, 0.05) is 24.0 Å². The van der Waals surface area contributed by atoms with E-state index < -0.39 is 0 Å². The molecule has 1 fully saturated rings. The Balaban J connectivity index is 1.73. The Kier molecular flexibility index (Phi) is 4.82. The predicted octanol–water partition coefficient (Wildman–Crippen LogP) is 2.66. The zero-order chi connectivity index (χ0) is 14.8. The number of aromatic nitrogens is 1. The number of hydrogen-bond donors (Lipinski definition) is 1. The van der Waals surface area contributed by atoms with Crippen LogP contribution >= 0.6 is 11.3 Å². The van der Waals surface area contributed by atoms with Crippen LogP contribution in [0.2, 0.25) is 0 Å². The first-order chi connectivity index (χ1) is 10.2. The summed E-state index contributed by atoms with van der Waals surface area (Å²) in [7, 11) is 4.37. The van der Waals surface area contributed by atoms with E-state index in [2.05, 4.69) is 36.1 Å². The summed E-state index contributed by atoms with van der Waals surface area (Å²) in [5.74, 6) is 0. The van der Waals surface area contributed by atoms with Crippen molar-refractivity contribution in [2.75, 3.05) is 38.6 Å². The first-order valence-electron chi connectivity index (χ1n) is 8.33. The van der Waals surface area contributed by atoms with Gasteiger partial charge >= 0.3 is 0 Å². The molecule has 1 aliphatic carbocycles. The van der Waals surface area contributed by atoms with Crippen molar-refractivity contribution >= 4 is 16.5 Å². The maximum atomic E-state index is 5.02. The Morgan fingerprint density at radius 1 is 1.38 bits per heavy atom. The van der Waals surface area contributed by atoms with Gasteiger partial charge < -0.3 is 15.1 Å². The second kappa shape index (κ2) is 6.63. The molecule has 1 aliphatic heterocycles. The molecule has 1 N–H and O–H groups in total. The summed E-state index contributed by atoms with van der Waals surface area (Å²) in [6.45, 7) is 5.62. The van der Waals surface area contributed by atoms with Gasteiger partial charge in [0.05, 0.1) is 11.7 Å². The van der Waals surface area contributed by atoms with E-state index in [0.29, 0.717) is 12.1 Å². The van der Waals surface area contributed by atoms with Gasteiger partial charge in [0.15, 0.2) is 5.13 Å². The lowest BCUT2D eigenvalue weighted by molar-refractivity contribution is 0.315. The molecule has 1 saturated heterocycles. The lowest BCUT2D eigenvalue weighted by Crippen LogP contribution is -2.31. The molecule has 2 atom stereocenters. The van der Waals surface area contributed by atoms with E-state index in [1.54, 1.807) is 0 Å². The fraction of sp³-hybridized carbons (Fsp3) is 0.812. The number of likely N-dealkylation sites (N-methyl/N-ethyl adjacent to an activating group) is 1. The molecule has 2 heterocycles. The van der Waals surface area contributed by atoms with Crippen molar-refractivity contribution in [1.29, 1.82) is 0 Å². The molecule has 4 nitrogen and oxygen atoms in total. The first-order valence-corrected chi connectivity index (χ1v) is 9.15. The van der Waals surface area contributed by atoms with Gasteiger partial charge in [0.25, 0.3) is 0 Å². The van der Waals surface area contributed by atoms with Crippen LogP contribution in [0.1, 0.15) is 49.2 Å². The Morgan fingerprint density at radius 3 is 2.95 bits per heavy atom. The summed E-state index contributed by atoms with van der Waals surface area (Å²) in [5, 5.41) is 4.93. The normalized spacial score (nSPS) is 25.6. The van der Waals surface area contributed by atoms with Crippen molar-refractivity contribution in [2.24, 2.45) is 0 Å². The highest BCUT2D eigenvalue weighted by atomic mass is 32.1. The number of aryl methyl sites for hydroxylation is 1. The molecule has 3 rings (SSSR count). The topological polar surface area (TPSA) is 31.4 Å². The number of anilines is 1. The van der Waals surface area contributed by atoms with E-state index in [1.807, 2.05) is 11.3 Å². The van der Waals surface area contributed by atoms with Crippen LogP contribution in [0, 0.1) is 0 Å². The Bertz CT molecular complexity index is 471. The summed E-state index contributed by atoms with van der Waals surface area (Å²) >= 11 is 1.94. The highest BCUT2D eigenvalue weighted by Gasteiger charge is 2.29. The third-order valence-corrected chi connectivity index (χ3v) is 5.94. The van der Waals surface area contributed by atoms with Crippen LogP contribution in [0.15, 0.2) is 0 Å². The number of thiazole rings is 1. The number of nitrogens with one attached hydrogen (secondary N) is 1. The van der Waals surface area contributed by atoms with Crippen LogP contribution in [-0.2, 0) is 6.42 Å². The standard InChI is InChI=1S/C16H28N4S/c1-4-9-17-13-6-5-7-14-15(13)18-16(21-14)20-10-8-12(11-20)19(2)3/h12-13,17H,4-11H2,1-3H3. The molecule has 2 aliphatic rings. The summed E-state index contributed by atoms with van der Waals surface area (Å²) < 4.78 is 0. The quantitative estimate of drug-likeness (QED) is 0.906. The molecule has 0 radical (unpaired) electrons. The van der Waals surface area contributed by atoms with Gasteiger partial charge in [-0.15, -0.1) is 11.3 Å². The fourth-order valence-electron chi connectivity index (χ4n) is 3.40. The average Bonchev–Trinajstić information content (AvgIpc) is 3.11. The van der Waals surface area contributed by atoms with Gasteiger partial charge in [-0.3, -0.25) is 0 Å². The van der Waals surface area contributed by atoms with Crippen molar-refractivity contribution in [2.45, 2.75) is 51.1 Å². The van der Waals surface area contributed by atoms with Crippen molar-refractivity contribution < 1.29 is 0 Å². The van der Waals surface area contributed by atoms with Gasteiger partial charge in [0.2, 0.25) is 0 Å². The third-order valence-electron chi connectivity index (χ3n) is 4.75. The van der Waals surface area contributed by atoms with Gasteiger partial charge in [-0.25, -0.2) is 4.98 Å². The average molecular weight is 308 g/mol. The van der Waals surface area contributed by atoms with Crippen molar-refractivity contribution in [1.82, 2.24) is 15.2 Å². The Morgan fingerprint density at radius 2 is 2.24 bits per heavy atom. The molecule has 118 valence electrons. The zero-order valence-electron chi connectivity index (χ0n) is 13.6. The molecule has 21 heavy (non-hydrogen) atoms. The summed E-state index contributed by atoms with van der Waals surface area (Å²) in [6.07, 6.45) is 6.23. The SMILES string of the molecule is CCCNC1CCCc2sc(N3CCC(N(C)C)C3)nc21. The minimum absolute atomic E-state index is 0.492. The molecule has 2 unspecified atom stereocenters. The Hall–Kier alpha value is -0.650. The summed E-state index contributed by atoms with van der Waals surface area (Å²) in [5.41, 5.74) is 1.35. The fourth-order valence-corrected chi connectivity index (χ4v) is 4.59. The lowest BCUT2D eigenvalue weighted by atomic mass is 9.97. The van der Waals surface area contributed by atoms with Crippen LogP contribution in [0.3, 0.4) is 0 Å². The molecule has 0 amide bonds. The van der Waals surface area contributed by atoms with Crippen molar-refractivity contribution in [3.8, 4) is 0 Å². The molecule has 0 spiro atoms. The molecule has 0 bridgehead atoms. The number of rotatable bonds is 5. The van der Waals surface area contributed by atoms with Crippen LogP contribution < -0.4 is 10.2 Å². The maximum Gasteiger partial charge on any atom is 0.185 e. The second-order valence-electron chi connectivity index (χ2n) is 6.56. The van der Waals surface area contributed by atoms with Gasteiger partial charge in [-0.05, 0) is 52.7 Å². The predicted molar refractivity (Wildman–Crippen MR) is 90.4 cm³/mol. The minimum Gasteiger partial charge on any atom is -0.346 e. The van der Waals surface area contributed by atoms with Crippen molar-refractivity contribution in [3.05, 3.63) is 10.6 Å². The second-order valence-corrected chi connectivity index (χ2v) is 7.62. The van der Waals surface area contributed by atoms with Crippen LogP contribution in [-0.4, -0.2) is 49.7 Å². The number of nitrogens with zero attached hydrogens (tertiary/aromatic N) is 3. The van der Waals surface area contributed by atoms with Gasteiger partial charge in [0.1, 0.15) is 0 Å². The third kappa shape index (κ3) is 3.25. The van der Waals surface area contributed by atoms with E-state index in [0.717, 1.165) is 19.6 Å². The highest BCUT2D eigenvalue weighted by Crippen LogP contribution is 2.37. The largest absolute Gasteiger partial charge is 0.346 e. The van der Waals surface area contributed by atoms with E-state index in [9.17, 15) is 0 Å². The summed E-state index contributed by atoms with van der Waals surface area (Å²) in [6, 6.07) is 1.17. The van der Waals surface area contributed by atoms with E-state index >= 15 is 0 Å². The minimum atomic E-state index is 0.492. The number of hydrogen-bond acceptors (Lipinski definition) is 5. The van der Waals surface area contributed by atoms with E-state index in [4.69, 9.17) is 4.98 Å². The molecular formula is C16H28N4S. The van der Waals surface area contributed by atoms with Gasteiger partial charge in [-0.2, -0.15) is 0 Å². The van der Waals surface area contributed by atoms with Crippen LogP contribution in [0.5, 0.6) is 0 Å². The molecule has 5 heteroatoms. The lowest BCUT2D eigenvalue weighted by Gasteiger charge is -2.22. The van der Waals surface area contributed by atoms with E-state index in [1.165, 1.54) is 47.8 Å². The molecular weight excluding hydrogens is 280 g/mol. The van der Waals surface area contributed by atoms with Gasteiger partial charge in [-0.1, -0.05) is 6.92 Å². The summed E-state index contributed by atoms with van der Waals surface area (Å²) in [4.78, 5) is 11.4. The monoisotopic (exact) mass is 308 g/mol. The number of fused-ring (bicyclic) bond motifs is 1. The van der Waals surface area contributed by atoms with E-state index in [-0.39, 0.29) is 0 Å². The molecule has 0 saturated carbocycles. The van der Waals surface area contributed by atoms with Crippen LogP contribution in [0.25, 0.3) is 0 Å². The smallest absolute Gasteiger partial charge is 0.185 e. The van der Waals surface area contributed by atoms with Crippen LogP contribution in [0.4, 0.5) is 5.13 Å². The van der Waals surface area contributed by atoms with Crippen molar-refractivity contribution in [3.63, 3.8) is 0 Å².